The van der Waals surface area contributed by atoms with Crippen molar-refractivity contribution in [1.82, 2.24) is 10.2 Å². The fourth-order valence-corrected chi connectivity index (χ4v) is 5.55. The highest BCUT2D eigenvalue weighted by atomic mass is 35.5. The average molecular weight is 516 g/mol. The predicted octanol–water partition coefficient (Wildman–Crippen LogP) is 4.41. The van der Waals surface area contributed by atoms with Gasteiger partial charge in [-0.3, -0.25) is 19.3 Å². The van der Waals surface area contributed by atoms with Crippen LogP contribution >= 0.6 is 11.6 Å². The van der Waals surface area contributed by atoms with Crippen molar-refractivity contribution in [3.05, 3.63) is 63.9 Å². The largest absolute Gasteiger partial charge is 0.481 e. The Morgan fingerprint density at radius 3 is 2.39 bits per heavy atom. The SMILES string of the molecule is CNC(=O)c1cc(Cl)c(F)cc1NC(=O)C1(c2ccccc2C(C)C)CN(CC2(C(=O)O)CCC2)C1. The topological polar surface area (TPSA) is 98.7 Å². The molecule has 2 aromatic carbocycles. The summed E-state index contributed by atoms with van der Waals surface area (Å²) in [5.74, 6) is -2.29. The summed E-state index contributed by atoms with van der Waals surface area (Å²) < 4.78 is 14.4. The standard InChI is InChI=1S/C27H31ClFN3O4/c1-16(2)17-7-4-5-8-19(17)27(14-32(15-27)13-26(25(35)36)9-6-10-26)24(34)31-22-12-21(29)20(28)11-18(22)23(33)30-3/h4-5,7-8,11-12,16H,6,9-10,13-15H2,1-3H3,(H,30,33)(H,31,34)(H,35,36). The number of carbonyl (C=O) groups is 3. The van der Waals surface area contributed by atoms with E-state index in [4.69, 9.17) is 11.6 Å². The number of nitrogens with zero attached hydrogens (tertiary/aromatic N) is 1. The molecule has 2 aromatic rings. The number of carboxylic acids is 1. The zero-order chi connectivity index (χ0) is 26.3. The summed E-state index contributed by atoms with van der Waals surface area (Å²) in [6.07, 6.45) is 2.13. The first-order chi connectivity index (χ1) is 17.0. The van der Waals surface area contributed by atoms with Crippen LogP contribution in [0.2, 0.25) is 5.02 Å². The lowest BCUT2D eigenvalue weighted by Crippen LogP contribution is -2.67. The summed E-state index contributed by atoms with van der Waals surface area (Å²) in [6.45, 7) is 5.12. The van der Waals surface area contributed by atoms with Crippen LogP contribution in [0.1, 0.15) is 60.5 Å². The first-order valence-electron chi connectivity index (χ1n) is 12.1. The molecule has 4 rings (SSSR count). The van der Waals surface area contributed by atoms with Gasteiger partial charge >= 0.3 is 5.97 Å². The van der Waals surface area contributed by atoms with E-state index in [1.165, 1.54) is 13.1 Å². The van der Waals surface area contributed by atoms with E-state index in [1.807, 2.05) is 43.0 Å². The molecule has 1 saturated carbocycles. The van der Waals surface area contributed by atoms with E-state index in [1.54, 1.807) is 0 Å². The highest BCUT2D eigenvalue weighted by molar-refractivity contribution is 6.31. The Labute approximate surface area is 215 Å². The third-order valence-corrected chi connectivity index (χ3v) is 7.88. The Hall–Kier alpha value is -2.97. The predicted molar refractivity (Wildman–Crippen MR) is 136 cm³/mol. The van der Waals surface area contributed by atoms with Crippen LogP contribution < -0.4 is 10.6 Å². The van der Waals surface area contributed by atoms with Crippen molar-refractivity contribution < 1.29 is 23.9 Å². The van der Waals surface area contributed by atoms with E-state index in [2.05, 4.69) is 10.6 Å². The molecule has 0 atom stereocenters. The Morgan fingerprint density at radius 2 is 1.83 bits per heavy atom. The number of hydrogen-bond acceptors (Lipinski definition) is 4. The Balaban J connectivity index is 1.70. The minimum atomic E-state index is -0.986. The van der Waals surface area contributed by atoms with E-state index in [0.717, 1.165) is 23.6 Å². The number of benzene rings is 2. The molecule has 192 valence electrons. The molecule has 36 heavy (non-hydrogen) atoms. The highest BCUT2D eigenvalue weighted by Gasteiger charge is 2.55. The molecular formula is C27H31ClFN3O4. The Bertz CT molecular complexity index is 1210. The maximum absolute atomic E-state index is 14.4. The van der Waals surface area contributed by atoms with Crippen LogP contribution in [0.4, 0.5) is 10.1 Å². The molecule has 1 aliphatic heterocycles. The molecule has 1 heterocycles. The number of amides is 2. The van der Waals surface area contributed by atoms with Crippen molar-refractivity contribution in [3.63, 3.8) is 0 Å². The fraction of sp³-hybridized carbons (Fsp3) is 0.444. The molecule has 2 aliphatic rings. The molecule has 3 N–H and O–H groups in total. The zero-order valence-electron chi connectivity index (χ0n) is 20.7. The number of nitrogens with one attached hydrogen (secondary N) is 2. The van der Waals surface area contributed by atoms with Gasteiger partial charge in [0, 0.05) is 26.7 Å². The van der Waals surface area contributed by atoms with E-state index in [9.17, 15) is 23.9 Å². The molecule has 1 saturated heterocycles. The summed E-state index contributed by atoms with van der Waals surface area (Å²) in [6, 6.07) is 9.96. The molecular weight excluding hydrogens is 485 g/mol. The lowest BCUT2D eigenvalue weighted by atomic mass is 9.65. The number of likely N-dealkylation sites (tertiary alicyclic amines) is 1. The first kappa shape index (κ1) is 26.1. The van der Waals surface area contributed by atoms with Crippen LogP contribution in [0.5, 0.6) is 0 Å². The van der Waals surface area contributed by atoms with Crippen molar-refractivity contribution >= 4 is 35.1 Å². The molecule has 0 bridgehead atoms. The highest BCUT2D eigenvalue weighted by Crippen LogP contribution is 2.46. The lowest BCUT2D eigenvalue weighted by molar-refractivity contribution is -0.158. The van der Waals surface area contributed by atoms with Gasteiger partial charge in [0.15, 0.2) is 0 Å². The normalized spacial score (nSPS) is 18.2. The quantitative estimate of drug-likeness (QED) is 0.483. The maximum Gasteiger partial charge on any atom is 0.310 e. The number of aliphatic carboxylic acids is 1. The van der Waals surface area contributed by atoms with Gasteiger partial charge in [0.2, 0.25) is 5.91 Å². The molecule has 2 amide bonds. The second-order valence-corrected chi connectivity index (χ2v) is 10.7. The zero-order valence-corrected chi connectivity index (χ0v) is 21.4. The van der Waals surface area contributed by atoms with Gasteiger partial charge < -0.3 is 15.7 Å². The van der Waals surface area contributed by atoms with Crippen LogP contribution in [-0.2, 0) is 15.0 Å². The molecule has 9 heteroatoms. The number of carbonyl (C=O) groups excluding carboxylic acids is 2. The Morgan fingerprint density at radius 1 is 1.17 bits per heavy atom. The van der Waals surface area contributed by atoms with Crippen LogP contribution in [-0.4, -0.2) is 54.5 Å². The molecule has 2 fully saturated rings. The monoisotopic (exact) mass is 515 g/mol. The smallest absolute Gasteiger partial charge is 0.310 e. The fourth-order valence-electron chi connectivity index (χ4n) is 5.39. The Kier molecular flexibility index (Phi) is 7.12. The lowest BCUT2D eigenvalue weighted by Gasteiger charge is -2.53. The van der Waals surface area contributed by atoms with E-state index < -0.39 is 28.5 Å². The average Bonchev–Trinajstić information content (AvgIpc) is 2.78. The molecule has 0 aromatic heterocycles. The second-order valence-electron chi connectivity index (χ2n) is 10.3. The van der Waals surface area contributed by atoms with Crippen LogP contribution in [0, 0.1) is 11.2 Å². The number of rotatable bonds is 8. The van der Waals surface area contributed by atoms with Gasteiger partial charge in [0.1, 0.15) is 5.82 Å². The number of anilines is 1. The maximum atomic E-state index is 14.4. The second kappa shape index (κ2) is 9.82. The van der Waals surface area contributed by atoms with Crippen molar-refractivity contribution in [2.45, 2.75) is 44.4 Å². The van der Waals surface area contributed by atoms with Crippen LogP contribution in [0.25, 0.3) is 0 Å². The van der Waals surface area contributed by atoms with Gasteiger partial charge in [0.25, 0.3) is 5.91 Å². The molecule has 7 nitrogen and oxygen atoms in total. The van der Waals surface area contributed by atoms with Crippen molar-refractivity contribution in [2.24, 2.45) is 5.41 Å². The van der Waals surface area contributed by atoms with Gasteiger partial charge in [0.05, 0.1) is 27.1 Å². The van der Waals surface area contributed by atoms with E-state index >= 15 is 0 Å². The van der Waals surface area contributed by atoms with Gasteiger partial charge in [-0.15, -0.1) is 0 Å². The van der Waals surface area contributed by atoms with Gasteiger partial charge in [-0.05, 0) is 42.0 Å². The summed E-state index contributed by atoms with van der Waals surface area (Å²) in [5, 5.41) is 14.8. The minimum Gasteiger partial charge on any atom is -0.481 e. The van der Waals surface area contributed by atoms with Crippen molar-refractivity contribution in [2.75, 3.05) is 32.0 Å². The molecule has 0 spiro atoms. The van der Waals surface area contributed by atoms with Crippen molar-refractivity contribution in [3.8, 4) is 0 Å². The van der Waals surface area contributed by atoms with Gasteiger partial charge in [-0.1, -0.05) is 56.1 Å². The number of halogens is 2. The van der Waals surface area contributed by atoms with E-state index in [-0.39, 0.29) is 28.1 Å². The minimum absolute atomic E-state index is 0.0297. The van der Waals surface area contributed by atoms with Gasteiger partial charge in [-0.25, -0.2) is 4.39 Å². The summed E-state index contributed by atoms with van der Waals surface area (Å²) >= 11 is 5.91. The number of hydrogen-bond donors (Lipinski definition) is 3. The van der Waals surface area contributed by atoms with Crippen molar-refractivity contribution in [1.29, 1.82) is 0 Å². The van der Waals surface area contributed by atoms with Gasteiger partial charge in [-0.2, -0.15) is 0 Å². The summed E-state index contributed by atoms with van der Waals surface area (Å²) in [7, 11) is 1.44. The van der Waals surface area contributed by atoms with Crippen LogP contribution in [0.15, 0.2) is 36.4 Å². The van der Waals surface area contributed by atoms with Crippen LogP contribution in [0.3, 0.4) is 0 Å². The van der Waals surface area contributed by atoms with E-state index in [0.29, 0.717) is 32.5 Å². The number of carboxylic acid groups (broad SMARTS) is 1. The molecule has 0 radical (unpaired) electrons. The third-order valence-electron chi connectivity index (χ3n) is 7.59. The first-order valence-corrected chi connectivity index (χ1v) is 12.5. The molecule has 1 aliphatic carbocycles. The summed E-state index contributed by atoms with van der Waals surface area (Å²) in [4.78, 5) is 40.3. The molecule has 0 unspecified atom stereocenters. The summed E-state index contributed by atoms with van der Waals surface area (Å²) in [5.41, 5.74) is 0.189. The third kappa shape index (κ3) is 4.48.